The molecule has 2 unspecified atom stereocenters. The molecule has 0 spiro atoms. The molecule has 0 aliphatic carbocycles. The van der Waals surface area contributed by atoms with Crippen molar-refractivity contribution in [2.75, 3.05) is 13.2 Å². The Morgan fingerprint density at radius 1 is 1.40 bits per heavy atom. The van der Waals surface area contributed by atoms with Crippen LogP contribution in [0.4, 0.5) is 8.78 Å². The molecule has 3 fully saturated rings. The summed E-state index contributed by atoms with van der Waals surface area (Å²) < 4.78 is 30.6. The van der Waals surface area contributed by atoms with Gasteiger partial charge in [0.2, 0.25) is 5.91 Å². The number of amides is 1. The maximum atomic E-state index is 12.7. The highest BCUT2D eigenvalue weighted by Gasteiger charge is 2.51. The summed E-state index contributed by atoms with van der Waals surface area (Å²) in [6.07, 6.45) is -1.72. The topological polar surface area (TPSA) is 29.5 Å². The molecule has 1 amide bonds. The first-order valence-corrected chi connectivity index (χ1v) is 5.13. The largest absolute Gasteiger partial charge is 0.377 e. The van der Waals surface area contributed by atoms with Crippen LogP contribution in [0.15, 0.2) is 0 Å². The van der Waals surface area contributed by atoms with Crippen molar-refractivity contribution in [1.82, 2.24) is 4.90 Å². The first kappa shape index (κ1) is 10.8. The van der Waals surface area contributed by atoms with Crippen LogP contribution in [0.25, 0.3) is 0 Å². The lowest BCUT2D eigenvalue weighted by Gasteiger charge is -2.54. The van der Waals surface area contributed by atoms with Gasteiger partial charge >= 0.3 is 0 Å². The van der Waals surface area contributed by atoms with Gasteiger partial charge in [-0.1, -0.05) is 0 Å². The minimum Gasteiger partial charge on any atom is -0.377 e. The van der Waals surface area contributed by atoms with E-state index in [4.69, 9.17) is 4.74 Å². The molecule has 3 rings (SSSR count). The zero-order valence-electron chi connectivity index (χ0n) is 8.87. The lowest BCUT2D eigenvalue weighted by molar-refractivity contribution is -0.183. The minimum atomic E-state index is -2.62. The Kier molecular flexibility index (Phi) is 2.45. The minimum absolute atomic E-state index is 0.0225. The third kappa shape index (κ3) is 1.53. The number of halogens is 2. The maximum Gasteiger partial charge on any atom is 0.252 e. The molecule has 86 valence electrons. The molecule has 0 radical (unpaired) electrons. The van der Waals surface area contributed by atoms with Crippen LogP contribution in [0.2, 0.25) is 0 Å². The second kappa shape index (κ2) is 3.40. The van der Waals surface area contributed by atoms with Crippen molar-refractivity contribution >= 4 is 5.91 Å². The molecule has 3 heterocycles. The number of hydrogen-bond donors (Lipinski definition) is 0. The predicted octanol–water partition coefficient (Wildman–Crippen LogP) is 1.28. The number of carbonyl (C=O) groups excluding carboxylic acids is 1. The molecule has 0 aromatic heterocycles. The molecule has 3 aliphatic heterocycles. The predicted molar refractivity (Wildman–Crippen MR) is 49.6 cm³/mol. The number of ether oxygens (including phenoxy) is 1. The summed E-state index contributed by atoms with van der Waals surface area (Å²) in [5.74, 6) is -0.443. The molecule has 0 aromatic carbocycles. The van der Waals surface area contributed by atoms with Crippen molar-refractivity contribution in [3.8, 4) is 0 Å². The quantitative estimate of drug-likeness (QED) is 0.700. The van der Waals surface area contributed by atoms with Gasteiger partial charge in [0.05, 0.1) is 25.3 Å². The Labute approximate surface area is 87.4 Å². The molecule has 15 heavy (non-hydrogen) atoms. The van der Waals surface area contributed by atoms with Gasteiger partial charge in [0.25, 0.3) is 6.43 Å². The van der Waals surface area contributed by atoms with E-state index in [-0.39, 0.29) is 12.1 Å². The van der Waals surface area contributed by atoms with E-state index in [1.807, 2.05) is 0 Å². The van der Waals surface area contributed by atoms with E-state index in [2.05, 4.69) is 0 Å². The number of rotatable bonds is 2. The summed E-state index contributed by atoms with van der Waals surface area (Å²) >= 11 is 0. The van der Waals surface area contributed by atoms with Crippen LogP contribution >= 0.6 is 0 Å². The van der Waals surface area contributed by atoms with Gasteiger partial charge in [0.1, 0.15) is 5.41 Å². The van der Waals surface area contributed by atoms with Crippen molar-refractivity contribution in [3.05, 3.63) is 0 Å². The SMILES string of the molecule is CC(C)(C(=O)N1C2COCC1C2)C(F)F. The van der Waals surface area contributed by atoms with Gasteiger partial charge in [-0.05, 0) is 20.3 Å². The summed E-state index contributed by atoms with van der Waals surface area (Å²) in [6.45, 7) is 3.58. The van der Waals surface area contributed by atoms with Gasteiger partial charge in [0, 0.05) is 0 Å². The number of fused-ring (bicyclic) bond motifs is 2. The van der Waals surface area contributed by atoms with Gasteiger partial charge in [-0.2, -0.15) is 0 Å². The lowest BCUT2D eigenvalue weighted by Crippen LogP contribution is -2.68. The highest BCUT2D eigenvalue weighted by Crippen LogP contribution is 2.37. The van der Waals surface area contributed by atoms with E-state index in [0.29, 0.717) is 13.2 Å². The van der Waals surface area contributed by atoms with Gasteiger partial charge in [-0.15, -0.1) is 0 Å². The average Bonchev–Trinajstić information content (AvgIpc) is 2.18. The smallest absolute Gasteiger partial charge is 0.252 e. The van der Waals surface area contributed by atoms with Gasteiger partial charge < -0.3 is 9.64 Å². The lowest BCUT2D eigenvalue weighted by atomic mass is 9.84. The molecule has 2 atom stereocenters. The summed E-state index contributed by atoms with van der Waals surface area (Å²) in [7, 11) is 0. The van der Waals surface area contributed by atoms with E-state index in [1.165, 1.54) is 13.8 Å². The number of carbonyl (C=O) groups is 1. The van der Waals surface area contributed by atoms with Gasteiger partial charge in [-0.25, -0.2) is 8.78 Å². The molecular formula is C10H15F2NO2. The van der Waals surface area contributed by atoms with Crippen molar-refractivity contribution in [3.63, 3.8) is 0 Å². The molecule has 3 nitrogen and oxygen atoms in total. The molecule has 0 N–H and O–H groups in total. The molecule has 0 aromatic rings. The fourth-order valence-corrected chi connectivity index (χ4v) is 2.10. The Bertz CT molecular complexity index is 267. The molecule has 3 aliphatic rings. The Morgan fingerprint density at radius 3 is 2.33 bits per heavy atom. The molecule has 2 bridgehead atoms. The van der Waals surface area contributed by atoms with Gasteiger partial charge in [0.15, 0.2) is 0 Å². The van der Waals surface area contributed by atoms with Crippen LogP contribution in [0, 0.1) is 5.41 Å². The van der Waals surface area contributed by atoms with Crippen LogP contribution in [0.5, 0.6) is 0 Å². The van der Waals surface area contributed by atoms with Crippen LogP contribution in [-0.2, 0) is 9.53 Å². The Hall–Kier alpha value is -0.710. The van der Waals surface area contributed by atoms with Crippen molar-refractivity contribution in [1.29, 1.82) is 0 Å². The normalized spacial score (nSPS) is 30.3. The molecular weight excluding hydrogens is 204 g/mol. The maximum absolute atomic E-state index is 12.7. The number of morpholine rings is 1. The zero-order chi connectivity index (χ0) is 11.2. The van der Waals surface area contributed by atoms with Crippen molar-refractivity contribution in [2.45, 2.75) is 38.8 Å². The second-order valence-corrected chi connectivity index (χ2v) is 4.82. The van der Waals surface area contributed by atoms with Crippen molar-refractivity contribution < 1.29 is 18.3 Å². The van der Waals surface area contributed by atoms with Crippen LogP contribution in [-0.4, -0.2) is 42.5 Å². The molecule has 5 heteroatoms. The van der Waals surface area contributed by atoms with Crippen LogP contribution in [0.1, 0.15) is 20.3 Å². The van der Waals surface area contributed by atoms with E-state index in [0.717, 1.165) is 6.42 Å². The number of alkyl halides is 2. The third-order valence-corrected chi connectivity index (χ3v) is 3.28. The average molecular weight is 219 g/mol. The van der Waals surface area contributed by atoms with Crippen LogP contribution in [0.3, 0.4) is 0 Å². The summed E-state index contributed by atoms with van der Waals surface area (Å²) in [5.41, 5.74) is -1.58. The fourth-order valence-electron chi connectivity index (χ4n) is 2.10. The first-order chi connectivity index (χ1) is 6.94. The second-order valence-electron chi connectivity index (χ2n) is 4.82. The number of hydrogen-bond acceptors (Lipinski definition) is 2. The highest BCUT2D eigenvalue weighted by atomic mass is 19.3. The van der Waals surface area contributed by atoms with Crippen molar-refractivity contribution in [2.24, 2.45) is 5.41 Å². The van der Waals surface area contributed by atoms with Gasteiger partial charge in [-0.3, -0.25) is 4.79 Å². The highest BCUT2D eigenvalue weighted by molar-refractivity contribution is 5.84. The Morgan fingerprint density at radius 2 is 1.93 bits per heavy atom. The van der Waals surface area contributed by atoms with E-state index >= 15 is 0 Å². The molecule has 3 saturated heterocycles. The zero-order valence-corrected chi connectivity index (χ0v) is 8.87. The third-order valence-electron chi connectivity index (χ3n) is 3.28. The van der Waals surface area contributed by atoms with E-state index < -0.39 is 17.7 Å². The monoisotopic (exact) mass is 219 g/mol. The van der Waals surface area contributed by atoms with Crippen LogP contribution < -0.4 is 0 Å². The summed E-state index contributed by atoms with van der Waals surface area (Å²) in [4.78, 5) is 13.5. The van der Waals surface area contributed by atoms with E-state index in [9.17, 15) is 13.6 Å². The standard InChI is InChI=1S/C10H15F2NO2/c1-10(2,8(11)12)9(14)13-6-3-7(13)5-15-4-6/h6-8H,3-5H2,1-2H3. The molecule has 0 saturated carbocycles. The Balaban J connectivity index is 2.09. The van der Waals surface area contributed by atoms with E-state index in [1.54, 1.807) is 4.90 Å². The number of nitrogens with zero attached hydrogens (tertiary/aromatic N) is 1. The first-order valence-electron chi connectivity index (χ1n) is 5.13. The summed E-state index contributed by atoms with van der Waals surface area (Å²) in [5, 5.41) is 0. The summed E-state index contributed by atoms with van der Waals surface area (Å²) in [6, 6.07) is 0.0450. The fraction of sp³-hybridized carbons (Fsp3) is 0.900.